The monoisotopic (exact) mass is 157 g/mol. The van der Waals surface area contributed by atoms with Gasteiger partial charge in [-0.2, -0.15) is 0 Å². The average Bonchev–Trinajstić information content (AvgIpc) is 1.97. The van der Waals surface area contributed by atoms with Crippen LogP contribution < -0.4 is 0 Å². The Labute approximate surface area is 70.8 Å². The van der Waals surface area contributed by atoms with E-state index < -0.39 is 0 Å². The van der Waals surface area contributed by atoms with E-state index in [4.69, 9.17) is 5.11 Å². The molecule has 0 aliphatic heterocycles. The lowest BCUT2D eigenvalue weighted by Gasteiger charge is -2.12. The van der Waals surface area contributed by atoms with E-state index in [2.05, 4.69) is 13.8 Å². The third kappa shape index (κ3) is 6.36. The van der Waals surface area contributed by atoms with Gasteiger partial charge in [0.25, 0.3) is 0 Å². The second kappa shape index (κ2) is 6.66. The summed E-state index contributed by atoms with van der Waals surface area (Å²) in [5.74, 6) is 0.395. The van der Waals surface area contributed by atoms with Crippen molar-refractivity contribution in [2.45, 2.75) is 52.9 Å². The van der Waals surface area contributed by atoms with E-state index in [1.807, 2.05) is 0 Å². The maximum Gasteiger partial charge on any atom is 0.0930 e. The highest BCUT2D eigenvalue weighted by molar-refractivity contribution is 4.75. The Morgan fingerprint density at radius 2 is 1.91 bits per heavy atom. The van der Waals surface area contributed by atoms with Crippen LogP contribution in [0.2, 0.25) is 0 Å². The van der Waals surface area contributed by atoms with Crippen molar-refractivity contribution in [2.75, 3.05) is 0 Å². The summed E-state index contributed by atoms with van der Waals surface area (Å²) in [6.07, 6.45) is 6.91. The molecule has 0 amide bonds. The van der Waals surface area contributed by atoms with Crippen molar-refractivity contribution < 1.29 is 5.11 Å². The molecule has 0 aromatic carbocycles. The largest absolute Gasteiger partial charge is 0.387 e. The lowest BCUT2D eigenvalue weighted by Crippen LogP contribution is -2.03. The number of hydrogen-bond acceptors (Lipinski definition) is 1. The molecule has 1 radical (unpaired) electrons. The van der Waals surface area contributed by atoms with Gasteiger partial charge in [-0.15, -0.1) is 0 Å². The van der Waals surface area contributed by atoms with Gasteiger partial charge >= 0.3 is 0 Å². The second-order valence-corrected chi connectivity index (χ2v) is 3.39. The third-order valence-electron chi connectivity index (χ3n) is 2.20. The Hall–Kier alpha value is -0.0400. The molecule has 0 spiro atoms. The molecule has 1 nitrogen and oxygen atoms in total. The van der Waals surface area contributed by atoms with E-state index >= 15 is 0 Å². The summed E-state index contributed by atoms with van der Waals surface area (Å²) in [5.41, 5.74) is 0. The van der Waals surface area contributed by atoms with Crippen LogP contribution in [-0.4, -0.2) is 5.11 Å². The van der Waals surface area contributed by atoms with E-state index in [1.165, 1.54) is 25.7 Å². The van der Waals surface area contributed by atoms with Crippen molar-refractivity contribution in [2.24, 2.45) is 5.92 Å². The van der Waals surface area contributed by atoms with Gasteiger partial charge in [0.1, 0.15) is 0 Å². The molecule has 0 saturated carbocycles. The first kappa shape index (κ1) is 11.0. The summed E-state index contributed by atoms with van der Waals surface area (Å²) in [5, 5.41) is 9.09. The number of rotatable bonds is 6. The normalized spacial score (nSPS) is 13.9. The van der Waals surface area contributed by atoms with Crippen LogP contribution in [0.3, 0.4) is 0 Å². The van der Waals surface area contributed by atoms with Gasteiger partial charge in [0.2, 0.25) is 0 Å². The first-order chi connectivity index (χ1) is 5.18. The predicted molar refractivity (Wildman–Crippen MR) is 48.8 cm³/mol. The maximum absolute atomic E-state index is 9.09. The average molecular weight is 157 g/mol. The minimum absolute atomic E-state index is 0.395. The van der Waals surface area contributed by atoms with Crippen LogP contribution >= 0.6 is 0 Å². The summed E-state index contributed by atoms with van der Waals surface area (Å²) in [6.45, 7) is 6.10. The topological polar surface area (TPSA) is 20.2 Å². The molecular weight excluding hydrogens is 136 g/mol. The van der Waals surface area contributed by atoms with Crippen LogP contribution in [-0.2, 0) is 0 Å². The van der Waals surface area contributed by atoms with Crippen molar-refractivity contribution in [3.63, 3.8) is 0 Å². The van der Waals surface area contributed by atoms with E-state index in [0.29, 0.717) is 12.0 Å². The minimum atomic E-state index is 0.395. The van der Waals surface area contributed by atoms with Gasteiger partial charge in [-0.3, -0.25) is 0 Å². The fourth-order valence-electron chi connectivity index (χ4n) is 1.09. The molecule has 0 aromatic rings. The van der Waals surface area contributed by atoms with Crippen molar-refractivity contribution in [1.29, 1.82) is 0 Å². The molecule has 0 bridgehead atoms. The molecule has 1 unspecified atom stereocenters. The van der Waals surface area contributed by atoms with E-state index in [-0.39, 0.29) is 0 Å². The number of hydrogen-bond donors (Lipinski definition) is 1. The van der Waals surface area contributed by atoms with Crippen LogP contribution in [0, 0.1) is 12.0 Å². The quantitative estimate of drug-likeness (QED) is 0.585. The highest BCUT2D eigenvalue weighted by Gasteiger charge is 2.08. The fraction of sp³-hybridized carbons (Fsp3) is 0.900. The highest BCUT2D eigenvalue weighted by Crippen LogP contribution is 2.17. The SMILES string of the molecule is CCCCCCC(C)[C](C)O. The van der Waals surface area contributed by atoms with Crippen molar-refractivity contribution in [3.8, 4) is 0 Å². The number of unbranched alkanes of at least 4 members (excludes halogenated alkanes) is 3. The first-order valence-electron chi connectivity index (χ1n) is 4.70. The molecule has 1 N–H and O–H groups in total. The minimum Gasteiger partial charge on any atom is -0.387 e. The molecule has 67 valence electrons. The fourth-order valence-corrected chi connectivity index (χ4v) is 1.09. The van der Waals surface area contributed by atoms with Gasteiger partial charge in [-0.25, -0.2) is 0 Å². The molecule has 0 rings (SSSR count). The second-order valence-electron chi connectivity index (χ2n) is 3.39. The summed E-state index contributed by atoms with van der Waals surface area (Å²) in [7, 11) is 0. The van der Waals surface area contributed by atoms with Crippen molar-refractivity contribution in [3.05, 3.63) is 6.10 Å². The van der Waals surface area contributed by atoms with Gasteiger partial charge in [0.15, 0.2) is 0 Å². The van der Waals surface area contributed by atoms with Gasteiger partial charge < -0.3 is 5.11 Å². The zero-order valence-corrected chi connectivity index (χ0v) is 8.06. The molecule has 1 atom stereocenters. The summed E-state index contributed by atoms with van der Waals surface area (Å²) >= 11 is 0. The molecule has 1 heteroatoms. The lowest BCUT2D eigenvalue weighted by atomic mass is 9.98. The summed E-state index contributed by atoms with van der Waals surface area (Å²) in [6, 6.07) is 0. The number of aliphatic hydroxyl groups excluding tert-OH is 1. The van der Waals surface area contributed by atoms with E-state index in [0.717, 1.165) is 6.42 Å². The molecule has 0 saturated heterocycles. The van der Waals surface area contributed by atoms with Crippen LogP contribution in [0.5, 0.6) is 0 Å². The summed E-state index contributed by atoms with van der Waals surface area (Å²) in [4.78, 5) is 0. The Morgan fingerprint density at radius 3 is 2.36 bits per heavy atom. The van der Waals surface area contributed by atoms with Crippen molar-refractivity contribution in [1.82, 2.24) is 0 Å². The third-order valence-corrected chi connectivity index (χ3v) is 2.20. The van der Waals surface area contributed by atoms with Gasteiger partial charge in [-0.05, 0) is 19.3 Å². The van der Waals surface area contributed by atoms with Crippen LogP contribution in [0.15, 0.2) is 0 Å². The molecule has 0 aliphatic carbocycles. The molecule has 0 heterocycles. The van der Waals surface area contributed by atoms with Gasteiger partial charge in [-0.1, -0.05) is 39.5 Å². The predicted octanol–water partition coefficient (Wildman–Crippen LogP) is 3.52. The molecule has 0 aliphatic rings. The van der Waals surface area contributed by atoms with Crippen LogP contribution in [0.4, 0.5) is 0 Å². The van der Waals surface area contributed by atoms with Crippen LogP contribution in [0.25, 0.3) is 0 Å². The van der Waals surface area contributed by atoms with Crippen LogP contribution in [0.1, 0.15) is 52.9 Å². The first-order valence-corrected chi connectivity index (χ1v) is 4.70. The zero-order valence-electron chi connectivity index (χ0n) is 8.06. The Bertz CT molecular complexity index is 78.9. The van der Waals surface area contributed by atoms with Gasteiger partial charge in [0.05, 0.1) is 6.10 Å². The highest BCUT2D eigenvalue weighted by atomic mass is 16.3. The Morgan fingerprint density at radius 1 is 1.27 bits per heavy atom. The smallest absolute Gasteiger partial charge is 0.0930 e. The zero-order chi connectivity index (χ0) is 8.69. The Balaban J connectivity index is 3.10. The molecule has 0 aromatic heterocycles. The summed E-state index contributed by atoms with van der Waals surface area (Å²) < 4.78 is 0. The van der Waals surface area contributed by atoms with Gasteiger partial charge in [0, 0.05) is 0 Å². The van der Waals surface area contributed by atoms with E-state index in [1.54, 1.807) is 6.92 Å². The lowest BCUT2D eigenvalue weighted by molar-refractivity contribution is 0.237. The Kier molecular flexibility index (Phi) is 6.63. The maximum atomic E-state index is 9.09. The van der Waals surface area contributed by atoms with E-state index in [9.17, 15) is 0 Å². The standard InChI is InChI=1S/C10H21O/c1-4-5-6-7-8-9(2)10(3)11/h9,11H,4-8H2,1-3H3. The van der Waals surface area contributed by atoms with Crippen molar-refractivity contribution >= 4 is 0 Å². The number of aliphatic hydroxyl groups is 1. The molecule has 11 heavy (non-hydrogen) atoms. The molecular formula is C10H21O. The molecule has 0 fully saturated rings.